The predicted molar refractivity (Wildman–Crippen MR) is 80.8 cm³/mol. The molecule has 0 saturated carbocycles. The topological polar surface area (TPSA) is 113 Å². The second kappa shape index (κ2) is 4.88. The van der Waals surface area contributed by atoms with Crippen LogP contribution in [0.4, 0.5) is 4.39 Å². The fraction of sp³-hybridized carbons (Fsp3) is 0.500. The summed E-state index contributed by atoms with van der Waals surface area (Å²) in [4.78, 5) is 4.07. The normalized spacial score (nSPS) is 37.0. The minimum atomic E-state index is -1.23. The standard InChI is InChI=1S/C14H20FN7/c15-11-3-8(14(17)20-13(16)21-22-14)1-2-9(11)12-10-6-18-4-7(10)5-19-12/h1-3,7,10,12,18-19,22H,4-6,17H2,(H3,16,20,21). The Morgan fingerprint density at radius 2 is 2.14 bits per heavy atom. The molecule has 1 aromatic carbocycles. The first kappa shape index (κ1) is 13.9. The van der Waals surface area contributed by atoms with Gasteiger partial charge in [-0.3, -0.25) is 11.2 Å². The van der Waals surface area contributed by atoms with E-state index < -0.39 is 5.79 Å². The third kappa shape index (κ3) is 2.07. The first-order valence-electron chi connectivity index (χ1n) is 7.48. The van der Waals surface area contributed by atoms with Crippen molar-refractivity contribution in [3.05, 3.63) is 35.1 Å². The lowest BCUT2D eigenvalue weighted by Crippen LogP contribution is -2.50. The van der Waals surface area contributed by atoms with Crippen molar-refractivity contribution in [3.63, 3.8) is 0 Å². The monoisotopic (exact) mass is 305 g/mol. The van der Waals surface area contributed by atoms with Gasteiger partial charge in [-0.25, -0.2) is 9.38 Å². The maximum atomic E-state index is 14.6. The van der Waals surface area contributed by atoms with Crippen LogP contribution in [-0.4, -0.2) is 25.6 Å². The number of fused-ring (bicyclic) bond motifs is 1. The van der Waals surface area contributed by atoms with Gasteiger partial charge >= 0.3 is 0 Å². The number of rotatable bonds is 2. The molecule has 1 aromatic rings. The summed E-state index contributed by atoms with van der Waals surface area (Å²) < 4.78 is 14.6. The van der Waals surface area contributed by atoms with Gasteiger partial charge in [-0.1, -0.05) is 12.1 Å². The summed E-state index contributed by atoms with van der Waals surface area (Å²) in [6.45, 7) is 2.86. The second-order valence-corrected chi connectivity index (χ2v) is 6.22. The Morgan fingerprint density at radius 3 is 2.86 bits per heavy atom. The number of nitrogens with zero attached hydrogens (tertiary/aromatic N) is 1. The number of aliphatic imine (C=N–C) groups is 1. The number of nitrogens with one attached hydrogen (secondary N) is 4. The van der Waals surface area contributed by atoms with Crippen LogP contribution >= 0.6 is 0 Å². The van der Waals surface area contributed by atoms with Gasteiger partial charge in [0.05, 0.1) is 0 Å². The molecule has 2 fully saturated rings. The Balaban J connectivity index is 1.64. The lowest BCUT2D eigenvalue weighted by molar-refractivity contribution is 0.371. The van der Waals surface area contributed by atoms with E-state index in [1.165, 1.54) is 6.07 Å². The molecule has 8 N–H and O–H groups in total. The highest BCUT2D eigenvalue weighted by atomic mass is 19.1. The minimum Gasteiger partial charge on any atom is -0.369 e. The van der Waals surface area contributed by atoms with Gasteiger partial charge in [0.2, 0.25) is 11.7 Å². The zero-order valence-corrected chi connectivity index (χ0v) is 12.1. The van der Waals surface area contributed by atoms with Gasteiger partial charge in [-0.05, 0) is 24.4 Å². The Morgan fingerprint density at radius 1 is 1.27 bits per heavy atom. The van der Waals surface area contributed by atoms with Crippen molar-refractivity contribution in [3.8, 4) is 0 Å². The van der Waals surface area contributed by atoms with Crippen molar-refractivity contribution < 1.29 is 4.39 Å². The molecule has 7 nitrogen and oxygen atoms in total. The SMILES string of the molecule is NC1=NC(N)(c2ccc(C3NCC4CNCC43)c(F)c2)NN1. The van der Waals surface area contributed by atoms with E-state index in [2.05, 4.69) is 26.5 Å². The summed E-state index contributed by atoms with van der Waals surface area (Å²) >= 11 is 0. The molecule has 0 amide bonds. The summed E-state index contributed by atoms with van der Waals surface area (Å²) in [5.74, 6) is -0.300. The van der Waals surface area contributed by atoms with Crippen LogP contribution in [0.25, 0.3) is 0 Å². The average Bonchev–Trinajstić information content (AvgIpc) is 3.16. The maximum absolute atomic E-state index is 14.6. The number of guanidine groups is 1. The molecule has 0 aliphatic carbocycles. The third-order valence-corrected chi connectivity index (χ3v) is 4.87. The van der Waals surface area contributed by atoms with Gasteiger partial charge in [0.1, 0.15) is 5.82 Å². The van der Waals surface area contributed by atoms with Gasteiger partial charge in [-0.15, -0.1) is 0 Å². The van der Waals surface area contributed by atoms with Crippen LogP contribution in [0.5, 0.6) is 0 Å². The smallest absolute Gasteiger partial charge is 0.209 e. The molecule has 0 bridgehead atoms. The van der Waals surface area contributed by atoms with Gasteiger partial charge in [0.15, 0.2) is 0 Å². The fourth-order valence-electron chi connectivity index (χ4n) is 3.70. The third-order valence-electron chi connectivity index (χ3n) is 4.87. The van der Waals surface area contributed by atoms with Crippen LogP contribution in [0.15, 0.2) is 23.2 Å². The molecule has 118 valence electrons. The Hall–Kier alpha value is -1.74. The number of halogens is 1. The number of nitrogens with two attached hydrogens (primary N) is 2. The Labute approximate surface area is 127 Å². The molecule has 4 atom stereocenters. The minimum absolute atomic E-state index is 0.0472. The van der Waals surface area contributed by atoms with Crippen molar-refractivity contribution in [2.24, 2.45) is 28.3 Å². The van der Waals surface area contributed by atoms with Crippen LogP contribution in [0.1, 0.15) is 17.2 Å². The number of benzene rings is 1. The van der Waals surface area contributed by atoms with E-state index in [0.717, 1.165) is 19.6 Å². The highest BCUT2D eigenvalue weighted by Crippen LogP contribution is 2.37. The van der Waals surface area contributed by atoms with Crippen molar-refractivity contribution in [1.29, 1.82) is 0 Å². The van der Waals surface area contributed by atoms with E-state index in [1.54, 1.807) is 12.1 Å². The second-order valence-electron chi connectivity index (χ2n) is 6.22. The summed E-state index contributed by atoms with van der Waals surface area (Å²) in [5, 5.41) is 6.81. The van der Waals surface area contributed by atoms with Crippen molar-refractivity contribution >= 4 is 5.96 Å². The Bertz CT molecular complexity index is 634. The zero-order chi connectivity index (χ0) is 15.3. The number of hydrogen-bond donors (Lipinski definition) is 6. The summed E-state index contributed by atoms with van der Waals surface area (Å²) in [6, 6.07) is 5.07. The van der Waals surface area contributed by atoms with E-state index in [-0.39, 0.29) is 17.8 Å². The highest BCUT2D eigenvalue weighted by Gasteiger charge is 2.41. The van der Waals surface area contributed by atoms with Crippen molar-refractivity contribution in [2.75, 3.05) is 19.6 Å². The van der Waals surface area contributed by atoms with E-state index in [1.807, 2.05) is 0 Å². The van der Waals surface area contributed by atoms with E-state index in [4.69, 9.17) is 11.5 Å². The van der Waals surface area contributed by atoms with Gasteiger partial charge in [-0.2, -0.15) is 5.43 Å². The van der Waals surface area contributed by atoms with Crippen LogP contribution in [0.3, 0.4) is 0 Å². The first-order valence-corrected chi connectivity index (χ1v) is 7.48. The number of hydrogen-bond acceptors (Lipinski definition) is 7. The summed E-state index contributed by atoms with van der Waals surface area (Å²) in [6.07, 6.45) is 0. The lowest BCUT2D eigenvalue weighted by atomic mass is 9.89. The number of hydrazine groups is 1. The first-order chi connectivity index (χ1) is 10.6. The van der Waals surface area contributed by atoms with Gasteiger partial charge in [0.25, 0.3) is 0 Å². The molecule has 0 spiro atoms. The molecule has 4 rings (SSSR count). The maximum Gasteiger partial charge on any atom is 0.209 e. The zero-order valence-electron chi connectivity index (χ0n) is 12.1. The average molecular weight is 305 g/mol. The molecule has 3 aliphatic rings. The molecular formula is C14H20FN7. The summed E-state index contributed by atoms with van der Waals surface area (Å²) in [5.41, 5.74) is 18.3. The molecule has 22 heavy (non-hydrogen) atoms. The van der Waals surface area contributed by atoms with Crippen LogP contribution in [0, 0.1) is 17.7 Å². The molecule has 8 heteroatoms. The van der Waals surface area contributed by atoms with E-state index >= 15 is 0 Å². The molecule has 2 saturated heterocycles. The molecule has 3 aliphatic heterocycles. The fourth-order valence-corrected chi connectivity index (χ4v) is 3.70. The highest BCUT2D eigenvalue weighted by molar-refractivity contribution is 5.79. The molecule has 3 heterocycles. The largest absolute Gasteiger partial charge is 0.369 e. The van der Waals surface area contributed by atoms with Crippen LogP contribution in [0.2, 0.25) is 0 Å². The molecule has 0 radical (unpaired) electrons. The predicted octanol–water partition coefficient (Wildman–Crippen LogP) is -1.20. The summed E-state index contributed by atoms with van der Waals surface area (Å²) in [7, 11) is 0. The van der Waals surface area contributed by atoms with Crippen LogP contribution < -0.4 is 33.0 Å². The van der Waals surface area contributed by atoms with Crippen molar-refractivity contribution in [1.82, 2.24) is 21.5 Å². The quantitative estimate of drug-likeness (QED) is 0.409. The lowest BCUT2D eigenvalue weighted by Gasteiger charge is -2.23. The van der Waals surface area contributed by atoms with Gasteiger partial charge < -0.3 is 16.4 Å². The van der Waals surface area contributed by atoms with E-state index in [0.29, 0.717) is 23.0 Å². The molecule has 0 aromatic heterocycles. The molecule has 4 unspecified atom stereocenters. The van der Waals surface area contributed by atoms with Crippen LogP contribution in [-0.2, 0) is 5.79 Å². The van der Waals surface area contributed by atoms with Crippen molar-refractivity contribution in [2.45, 2.75) is 11.8 Å². The van der Waals surface area contributed by atoms with E-state index in [9.17, 15) is 4.39 Å². The Kier molecular flexibility index (Phi) is 3.08. The van der Waals surface area contributed by atoms with Gasteiger partial charge in [0, 0.05) is 30.3 Å². The molecular weight excluding hydrogens is 285 g/mol.